The monoisotopic (exact) mass is 282 g/mol. The summed E-state index contributed by atoms with van der Waals surface area (Å²) in [5, 5.41) is 20.6. The number of carbonyl (C=O) groups excluding carboxylic acids is 1. The summed E-state index contributed by atoms with van der Waals surface area (Å²) in [6.45, 7) is 0.764. The normalized spacial score (nSPS) is 16.0. The first-order valence-electron chi connectivity index (χ1n) is 6.24. The molecule has 1 aromatic rings. The minimum absolute atomic E-state index is 0.101. The lowest BCUT2D eigenvalue weighted by atomic mass is 10.1. The molecule has 7 heteroatoms. The Labute approximate surface area is 114 Å². The van der Waals surface area contributed by atoms with Crippen LogP contribution in [0.15, 0.2) is 18.2 Å². The van der Waals surface area contributed by atoms with Gasteiger partial charge in [0.25, 0.3) is 0 Å². The lowest BCUT2D eigenvalue weighted by molar-refractivity contribution is 0.0696. The highest BCUT2D eigenvalue weighted by Crippen LogP contribution is 2.18. The highest BCUT2D eigenvalue weighted by Gasteiger charge is 2.22. The fourth-order valence-corrected chi connectivity index (χ4v) is 2.02. The molecule has 0 spiro atoms. The Bertz CT molecular complexity index is 527. The molecule has 1 aliphatic heterocycles. The maximum Gasteiger partial charge on any atom is 0.335 e. The molecule has 0 unspecified atom stereocenters. The van der Waals surface area contributed by atoms with E-state index in [1.54, 1.807) is 0 Å². The number of likely N-dealkylation sites (tertiary alicyclic amines) is 1. The second-order valence-electron chi connectivity index (χ2n) is 4.65. The number of nitrogens with one attached hydrogen (secondary N) is 1. The van der Waals surface area contributed by atoms with Crippen molar-refractivity contribution in [3.8, 4) is 0 Å². The number of halogens is 1. The van der Waals surface area contributed by atoms with Crippen molar-refractivity contribution >= 4 is 17.7 Å². The minimum atomic E-state index is -1.19. The van der Waals surface area contributed by atoms with Gasteiger partial charge in [-0.05, 0) is 31.0 Å². The van der Waals surface area contributed by atoms with Crippen LogP contribution in [0, 0.1) is 5.82 Å². The number of amides is 2. The third kappa shape index (κ3) is 3.24. The minimum Gasteiger partial charge on any atom is -0.478 e. The van der Waals surface area contributed by atoms with Gasteiger partial charge in [0.1, 0.15) is 5.82 Å². The maximum absolute atomic E-state index is 13.6. The predicted molar refractivity (Wildman–Crippen MR) is 69.2 cm³/mol. The van der Waals surface area contributed by atoms with Crippen LogP contribution in [0.5, 0.6) is 0 Å². The van der Waals surface area contributed by atoms with Crippen molar-refractivity contribution in [1.82, 2.24) is 4.90 Å². The number of aliphatic hydroxyl groups is 1. The van der Waals surface area contributed by atoms with Gasteiger partial charge in [-0.1, -0.05) is 0 Å². The Morgan fingerprint density at radius 3 is 2.55 bits per heavy atom. The summed E-state index contributed by atoms with van der Waals surface area (Å²) in [6.07, 6.45) is 0.544. The van der Waals surface area contributed by atoms with Gasteiger partial charge in [-0.15, -0.1) is 0 Å². The molecule has 2 amide bonds. The van der Waals surface area contributed by atoms with E-state index < -0.39 is 23.9 Å². The quantitative estimate of drug-likeness (QED) is 0.767. The third-order valence-corrected chi connectivity index (χ3v) is 3.21. The van der Waals surface area contributed by atoms with Crippen LogP contribution in [-0.4, -0.2) is 46.3 Å². The van der Waals surface area contributed by atoms with Crippen molar-refractivity contribution in [3.63, 3.8) is 0 Å². The van der Waals surface area contributed by atoms with Crippen LogP contribution in [0.2, 0.25) is 0 Å². The van der Waals surface area contributed by atoms with E-state index in [2.05, 4.69) is 5.32 Å². The van der Waals surface area contributed by atoms with Gasteiger partial charge in [0.15, 0.2) is 0 Å². The van der Waals surface area contributed by atoms with Gasteiger partial charge in [0, 0.05) is 13.1 Å². The van der Waals surface area contributed by atoms with Crippen molar-refractivity contribution in [1.29, 1.82) is 0 Å². The summed E-state index contributed by atoms with van der Waals surface area (Å²) in [4.78, 5) is 24.2. The molecule has 0 aliphatic carbocycles. The molecule has 0 radical (unpaired) electrons. The van der Waals surface area contributed by atoms with Crippen molar-refractivity contribution < 1.29 is 24.2 Å². The summed E-state index contributed by atoms with van der Waals surface area (Å²) in [5.41, 5.74) is -0.267. The molecule has 0 atom stereocenters. The number of carboxylic acid groups (broad SMARTS) is 1. The van der Waals surface area contributed by atoms with E-state index in [-0.39, 0.29) is 11.3 Å². The van der Waals surface area contributed by atoms with Crippen molar-refractivity contribution in [3.05, 3.63) is 29.6 Å². The number of rotatable bonds is 2. The zero-order valence-corrected chi connectivity index (χ0v) is 10.7. The second-order valence-corrected chi connectivity index (χ2v) is 4.65. The Balaban J connectivity index is 2.07. The van der Waals surface area contributed by atoms with Gasteiger partial charge in [-0.25, -0.2) is 14.0 Å². The molecular formula is C13H15FN2O4. The number of benzene rings is 1. The van der Waals surface area contributed by atoms with Crippen molar-refractivity contribution in [2.75, 3.05) is 18.4 Å². The number of urea groups is 1. The number of piperidine rings is 1. The van der Waals surface area contributed by atoms with Crippen LogP contribution in [0.3, 0.4) is 0 Å². The Morgan fingerprint density at radius 2 is 1.95 bits per heavy atom. The van der Waals surface area contributed by atoms with Crippen LogP contribution < -0.4 is 5.32 Å². The van der Waals surface area contributed by atoms with E-state index in [0.717, 1.165) is 18.2 Å². The summed E-state index contributed by atoms with van der Waals surface area (Å²) in [7, 11) is 0. The van der Waals surface area contributed by atoms with Gasteiger partial charge in [-0.3, -0.25) is 0 Å². The largest absolute Gasteiger partial charge is 0.478 e. The predicted octanol–water partition coefficient (Wildman–Crippen LogP) is 1.51. The fourth-order valence-electron chi connectivity index (χ4n) is 2.02. The van der Waals surface area contributed by atoms with Gasteiger partial charge in [0.05, 0.1) is 17.4 Å². The zero-order chi connectivity index (χ0) is 14.7. The van der Waals surface area contributed by atoms with Crippen LogP contribution in [0.1, 0.15) is 23.2 Å². The molecule has 0 bridgehead atoms. The summed E-state index contributed by atoms with van der Waals surface area (Å²) >= 11 is 0. The molecule has 3 N–H and O–H groups in total. The number of carboxylic acids is 1. The SMILES string of the molecule is O=C(O)c1ccc(F)c(NC(=O)N2CCC(O)CC2)c1. The molecule has 0 aromatic heterocycles. The van der Waals surface area contributed by atoms with E-state index in [4.69, 9.17) is 5.11 Å². The number of carbonyl (C=O) groups is 2. The lowest BCUT2D eigenvalue weighted by Crippen LogP contribution is -2.42. The van der Waals surface area contributed by atoms with E-state index in [1.807, 2.05) is 0 Å². The molecule has 6 nitrogen and oxygen atoms in total. The smallest absolute Gasteiger partial charge is 0.335 e. The van der Waals surface area contributed by atoms with Crippen molar-refractivity contribution in [2.24, 2.45) is 0 Å². The van der Waals surface area contributed by atoms with Gasteiger partial charge in [-0.2, -0.15) is 0 Å². The van der Waals surface area contributed by atoms with Crippen LogP contribution in [0.25, 0.3) is 0 Å². The Hall–Kier alpha value is -2.15. The molecule has 1 aliphatic rings. The van der Waals surface area contributed by atoms with Gasteiger partial charge in [0.2, 0.25) is 0 Å². The second kappa shape index (κ2) is 5.87. The molecule has 2 rings (SSSR count). The Kier molecular flexibility index (Phi) is 4.19. The van der Waals surface area contributed by atoms with Crippen LogP contribution >= 0.6 is 0 Å². The summed E-state index contributed by atoms with van der Waals surface area (Å²) in [5.74, 6) is -1.89. The number of anilines is 1. The number of hydrogen-bond donors (Lipinski definition) is 3. The van der Waals surface area contributed by atoms with E-state index in [0.29, 0.717) is 25.9 Å². The number of hydrogen-bond acceptors (Lipinski definition) is 3. The van der Waals surface area contributed by atoms with Crippen molar-refractivity contribution in [2.45, 2.75) is 18.9 Å². The maximum atomic E-state index is 13.6. The standard InChI is InChI=1S/C13H15FN2O4/c14-10-2-1-8(12(18)19)7-11(10)15-13(20)16-5-3-9(17)4-6-16/h1-2,7,9,17H,3-6H2,(H,15,20)(H,18,19). The first kappa shape index (κ1) is 14.3. The van der Waals surface area contributed by atoms with Crippen LogP contribution in [-0.2, 0) is 0 Å². The summed E-state index contributed by atoms with van der Waals surface area (Å²) in [6, 6.07) is 2.70. The molecule has 20 heavy (non-hydrogen) atoms. The van der Waals surface area contributed by atoms with Gasteiger partial charge >= 0.3 is 12.0 Å². The van der Waals surface area contributed by atoms with Gasteiger partial charge < -0.3 is 20.4 Å². The first-order chi connectivity index (χ1) is 9.47. The third-order valence-electron chi connectivity index (χ3n) is 3.21. The highest BCUT2D eigenvalue weighted by molar-refractivity contribution is 5.93. The lowest BCUT2D eigenvalue weighted by Gasteiger charge is -2.29. The van der Waals surface area contributed by atoms with E-state index >= 15 is 0 Å². The average molecular weight is 282 g/mol. The molecule has 1 fully saturated rings. The van der Waals surface area contributed by atoms with Crippen LogP contribution in [0.4, 0.5) is 14.9 Å². The average Bonchev–Trinajstić information content (AvgIpc) is 2.41. The summed E-state index contributed by atoms with van der Waals surface area (Å²) < 4.78 is 13.6. The number of aromatic carboxylic acids is 1. The Morgan fingerprint density at radius 1 is 1.30 bits per heavy atom. The molecule has 1 aromatic carbocycles. The molecule has 0 saturated carbocycles. The molecular weight excluding hydrogens is 267 g/mol. The first-order valence-corrected chi connectivity index (χ1v) is 6.24. The zero-order valence-electron chi connectivity index (χ0n) is 10.7. The fraction of sp³-hybridized carbons (Fsp3) is 0.385. The number of nitrogens with zero attached hydrogens (tertiary/aromatic N) is 1. The van der Waals surface area contributed by atoms with E-state index in [1.165, 1.54) is 4.90 Å². The highest BCUT2D eigenvalue weighted by atomic mass is 19.1. The molecule has 1 heterocycles. The molecule has 1 saturated heterocycles. The van der Waals surface area contributed by atoms with E-state index in [9.17, 15) is 19.1 Å². The topological polar surface area (TPSA) is 89.9 Å². The number of aliphatic hydroxyl groups excluding tert-OH is 1. The molecule has 108 valence electrons.